The Morgan fingerprint density at radius 3 is 2.93 bits per heavy atom. The van der Waals surface area contributed by atoms with Gasteiger partial charge in [-0.3, -0.25) is 9.36 Å². The standard InChI is InChI=1S/C20H22N6O2S/c1-2-26-19(17-9-5-12-28-17)23-24-20(26)29-13-18(27)21-10-6-11-25-14-22-15-7-3-4-8-16(15)25/h3-5,7-9,12,14H,2,6,10-11,13H2,1H3,(H,21,27). The van der Waals surface area contributed by atoms with Crippen LogP contribution >= 0.6 is 11.8 Å². The number of benzene rings is 1. The molecule has 29 heavy (non-hydrogen) atoms. The van der Waals surface area contributed by atoms with Crippen LogP contribution in [-0.2, 0) is 17.9 Å². The molecule has 0 aliphatic rings. The molecule has 8 nitrogen and oxygen atoms in total. The molecule has 9 heteroatoms. The maximum atomic E-state index is 12.2. The van der Waals surface area contributed by atoms with Crippen molar-refractivity contribution in [3.05, 3.63) is 49.0 Å². The van der Waals surface area contributed by atoms with Gasteiger partial charge < -0.3 is 14.3 Å². The Kier molecular flexibility index (Phi) is 5.95. The molecule has 4 aromatic rings. The number of para-hydroxylation sites is 2. The molecule has 1 amide bonds. The lowest BCUT2D eigenvalue weighted by Crippen LogP contribution is -2.27. The van der Waals surface area contributed by atoms with Crippen molar-refractivity contribution in [3.8, 4) is 11.6 Å². The minimum atomic E-state index is -0.0179. The Hall–Kier alpha value is -3.07. The fourth-order valence-corrected chi connectivity index (χ4v) is 3.95. The van der Waals surface area contributed by atoms with Gasteiger partial charge in [-0.1, -0.05) is 23.9 Å². The maximum absolute atomic E-state index is 12.2. The van der Waals surface area contributed by atoms with Crippen molar-refractivity contribution in [1.29, 1.82) is 0 Å². The van der Waals surface area contributed by atoms with E-state index in [9.17, 15) is 4.79 Å². The van der Waals surface area contributed by atoms with E-state index in [1.165, 1.54) is 11.8 Å². The molecule has 0 radical (unpaired) electrons. The number of amides is 1. The lowest BCUT2D eigenvalue weighted by Gasteiger charge is -2.07. The Balaban J connectivity index is 1.24. The molecule has 0 aliphatic heterocycles. The van der Waals surface area contributed by atoms with Crippen LogP contribution < -0.4 is 5.32 Å². The molecule has 1 aromatic carbocycles. The summed E-state index contributed by atoms with van der Waals surface area (Å²) < 4.78 is 9.46. The van der Waals surface area contributed by atoms with Crippen molar-refractivity contribution in [1.82, 2.24) is 29.6 Å². The molecule has 0 unspecified atom stereocenters. The van der Waals surface area contributed by atoms with Crippen LogP contribution in [0, 0.1) is 0 Å². The van der Waals surface area contributed by atoms with Gasteiger partial charge >= 0.3 is 0 Å². The topological polar surface area (TPSA) is 90.8 Å². The smallest absolute Gasteiger partial charge is 0.230 e. The molecule has 0 saturated carbocycles. The summed E-state index contributed by atoms with van der Waals surface area (Å²) in [5, 5.41) is 12.1. The third kappa shape index (κ3) is 4.34. The first-order chi connectivity index (χ1) is 14.3. The lowest BCUT2D eigenvalue weighted by molar-refractivity contribution is -0.118. The number of thioether (sulfide) groups is 1. The zero-order chi connectivity index (χ0) is 20.1. The van der Waals surface area contributed by atoms with Crippen LogP contribution in [0.5, 0.6) is 0 Å². The third-order valence-electron chi connectivity index (χ3n) is 4.53. The number of hydrogen-bond acceptors (Lipinski definition) is 6. The van der Waals surface area contributed by atoms with Gasteiger partial charge in [-0.05, 0) is 37.6 Å². The van der Waals surface area contributed by atoms with Gasteiger partial charge in [0.25, 0.3) is 0 Å². The molecule has 1 N–H and O–H groups in total. The quantitative estimate of drug-likeness (QED) is 0.337. The summed E-state index contributed by atoms with van der Waals surface area (Å²) in [5.74, 6) is 1.62. The SMILES string of the molecule is CCn1c(SCC(=O)NCCCn2cnc3ccccc32)nnc1-c1ccco1. The average Bonchev–Trinajstić information content (AvgIpc) is 3.49. The highest BCUT2D eigenvalue weighted by Crippen LogP contribution is 2.24. The molecular formula is C20H22N6O2S. The molecule has 0 saturated heterocycles. The van der Waals surface area contributed by atoms with Crippen LogP contribution in [0.4, 0.5) is 0 Å². The van der Waals surface area contributed by atoms with Crippen LogP contribution in [0.25, 0.3) is 22.6 Å². The molecule has 0 bridgehead atoms. The van der Waals surface area contributed by atoms with E-state index >= 15 is 0 Å². The minimum absolute atomic E-state index is 0.0179. The van der Waals surface area contributed by atoms with Crippen molar-refractivity contribution in [3.63, 3.8) is 0 Å². The number of fused-ring (bicyclic) bond motifs is 1. The summed E-state index contributed by atoms with van der Waals surface area (Å²) in [7, 11) is 0. The fourth-order valence-electron chi connectivity index (χ4n) is 3.12. The summed E-state index contributed by atoms with van der Waals surface area (Å²) in [5.41, 5.74) is 2.10. The Bertz CT molecular complexity index is 1090. The molecule has 0 aliphatic carbocycles. The highest BCUT2D eigenvalue weighted by Gasteiger charge is 2.16. The van der Waals surface area contributed by atoms with E-state index in [4.69, 9.17) is 4.42 Å². The van der Waals surface area contributed by atoms with Gasteiger partial charge in [0.05, 0.1) is 29.4 Å². The zero-order valence-corrected chi connectivity index (χ0v) is 16.9. The van der Waals surface area contributed by atoms with Gasteiger partial charge in [0.15, 0.2) is 16.7 Å². The highest BCUT2D eigenvalue weighted by molar-refractivity contribution is 7.99. The minimum Gasteiger partial charge on any atom is -0.461 e. The third-order valence-corrected chi connectivity index (χ3v) is 5.50. The summed E-state index contributed by atoms with van der Waals surface area (Å²) in [6, 6.07) is 11.7. The number of carbonyl (C=O) groups is 1. The van der Waals surface area contributed by atoms with Crippen molar-refractivity contribution < 1.29 is 9.21 Å². The molecule has 0 spiro atoms. The number of rotatable bonds is 9. The van der Waals surface area contributed by atoms with Gasteiger partial charge in [-0.15, -0.1) is 10.2 Å². The predicted octanol–water partition coefficient (Wildman–Crippen LogP) is 3.21. The van der Waals surface area contributed by atoms with Gasteiger partial charge in [-0.2, -0.15) is 0 Å². The van der Waals surface area contributed by atoms with Gasteiger partial charge in [0, 0.05) is 19.6 Å². The predicted molar refractivity (Wildman–Crippen MR) is 111 cm³/mol. The second-order valence-electron chi connectivity index (χ2n) is 6.45. The molecule has 0 fully saturated rings. The summed E-state index contributed by atoms with van der Waals surface area (Å²) >= 11 is 1.38. The Labute approximate surface area is 172 Å². The normalized spacial score (nSPS) is 11.2. The van der Waals surface area contributed by atoms with Crippen LogP contribution in [0.15, 0.2) is 58.6 Å². The lowest BCUT2D eigenvalue weighted by atomic mass is 10.3. The van der Waals surface area contributed by atoms with Crippen LogP contribution in [0.2, 0.25) is 0 Å². The van der Waals surface area contributed by atoms with E-state index < -0.39 is 0 Å². The van der Waals surface area contributed by atoms with Crippen LogP contribution in [0.1, 0.15) is 13.3 Å². The molecule has 3 heterocycles. The van der Waals surface area contributed by atoms with Gasteiger partial charge in [0.1, 0.15) is 0 Å². The number of nitrogens with zero attached hydrogens (tertiary/aromatic N) is 5. The van der Waals surface area contributed by atoms with E-state index in [1.54, 1.807) is 6.26 Å². The van der Waals surface area contributed by atoms with Crippen LogP contribution in [0.3, 0.4) is 0 Å². The van der Waals surface area contributed by atoms with E-state index in [-0.39, 0.29) is 5.91 Å². The first-order valence-corrected chi connectivity index (χ1v) is 10.5. The van der Waals surface area contributed by atoms with Crippen LogP contribution in [-0.4, -0.2) is 42.5 Å². The Morgan fingerprint density at radius 1 is 1.21 bits per heavy atom. The van der Waals surface area contributed by atoms with E-state index in [0.29, 0.717) is 35.6 Å². The van der Waals surface area contributed by atoms with E-state index in [2.05, 4.69) is 31.1 Å². The van der Waals surface area contributed by atoms with E-state index in [1.807, 2.05) is 48.1 Å². The second-order valence-corrected chi connectivity index (χ2v) is 7.39. The van der Waals surface area contributed by atoms with Crippen molar-refractivity contribution in [2.75, 3.05) is 12.3 Å². The summed E-state index contributed by atoms with van der Waals surface area (Å²) in [6.07, 6.45) is 4.29. The zero-order valence-electron chi connectivity index (χ0n) is 16.1. The number of furan rings is 1. The summed E-state index contributed by atoms with van der Waals surface area (Å²) in [6.45, 7) is 4.14. The number of nitrogens with one attached hydrogen (secondary N) is 1. The number of hydrogen-bond donors (Lipinski definition) is 1. The molecule has 4 rings (SSSR count). The number of aromatic nitrogens is 5. The number of aryl methyl sites for hydroxylation is 1. The monoisotopic (exact) mass is 410 g/mol. The Morgan fingerprint density at radius 2 is 2.10 bits per heavy atom. The summed E-state index contributed by atoms with van der Waals surface area (Å²) in [4.78, 5) is 16.6. The molecular weight excluding hydrogens is 388 g/mol. The van der Waals surface area contributed by atoms with Crippen molar-refractivity contribution in [2.24, 2.45) is 0 Å². The fraction of sp³-hybridized carbons (Fsp3) is 0.300. The first kappa shape index (κ1) is 19.3. The van der Waals surface area contributed by atoms with Gasteiger partial charge in [0.2, 0.25) is 5.91 Å². The number of imidazole rings is 1. The molecule has 150 valence electrons. The molecule has 0 atom stereocenters. The van der Waals surface area contributed by atoms with E-state index in [0.717, 1.165) is 24.0 Å². The van der Waals surface area contributed by atoms with Gasteiger partial charge in [-0.25, -0.2) is 4.98 Å². The second kappa shape index (κ2) is 8.95. The van der Waals surface area contributed by atoms with Crippen molar-refractivity contribution in [2.45, 2.75) is 31.6 Å². The van der Waals surface area contributed by atoms with Crippen molar-refractivity contribution >= 4 is 28.7 Å². The average molecular weight is 411 g/mol. The first-order valence-electron chi connectivity index (χ1n) is 9.52. The largest absolute Gasteiger partial charge is 0.461 e. The molecule has 3 aromatic heterocycles. The number of carbonyl (C=O) groups excluding carboxylic acids is 1. The maximum Gasteiger partial charge on any atom is 0.230 e. The highest BCUT2D eigenvalue weighted by atomic mass is 32.2.